The van der Waals surface area contributed by atoms with Crippen molar-refractivity contribution in [2.75, 3.05) is 13.7 Å². The summed E-state index contributed by atoms with van der Waals surface area (Å²) in [5, 5.41) is 0.661. The Morgan fingerprint density at radius 3 is 2.77 bits per heavy atom. The number of halogens is 1. The van der Waals surface area contributed by atoms with Crippen molar-refractivity contribution >= 4 is 23.5 Å². The van der Waals surface area contributed by atoms with Crippen LogP contribution in [0.25, 0.3) is 0 Å². The third-order valence-corrected chi connectivity index (χ3v) is 3.26. The predicted molar refractivity (Wildman–Crippen MR) is 90.8 cm³/mol. The Hall–Kier alpha value is -2.44. The van der Waals surface area contributed by atoms with Crippen LogP contribution in [-0.2, 0) is 0 Å². The number of hydrogen-bond acceptors (Lipinski definition) is 3. The summed E-state index contributed by atoms with van der Waals surface area (Å²) in [5.74, 6) is 3.64. The van der Waals surface area contributed by atoms with E-state index >= 15 is 0 Å². The molecule has 0 atom stereocenters. The van der Waals surface area contributed by atoms with Crippen LogP contribution in [0.2, 0.25) is 5.02 Å². The Balaban J connectivity index is 2.24. The lowest BCUT2D eigenvalue weighted by atomic mass is 10.2. The van der Waals surface area contributed by atoms with E-state index in [2.05, 4.69) is 10.9 Å². The predicted octanol–water partition coefficient (Wildman–Crippen LogP) is 4.42. The molecule has 0 N–H and O–H groups in total. The highest BCUT2D eigenvalue weighted by Crippen LogP contribution is 2.28. The summed E-state index contributed by atoms with van der Waals surface area (Å²) in [5.41, 5.74) is 2.78. The van der Waals surface area contributed by atoms with Gasteiger partial charge in [-0.15, -0.1) is 6.42 Å². The van der Waals surface area contributed by atoms with E-state index in [9.17, 15) is 0 Å². The number of aryl methyl sites for hydroxylation is 1. The number of aliphatic imine (C=N–C) groups is 1. The molecule has 0 aliphatic carbocycles. The van der Waals surface area contributed by atoms with Gasteiger partial charge in [-0.25, -0.2) is 0 Å². The second-order valence-corrected chi connectivity index (χ2v) is 5.03. The number of ether oxygens (including phenoxy) is 2. The van der Waals surface area contributed by atoms with Crippen molar-refractivity contribution in [1.29, 1.82) is 0 Å². The van der Waals surface area contributed by atoms with Crippen LogP contribution in [0.3, 0.4) is 0 Å². The van der Waals surface area contributed by atoms with Gasteiger partial charge in [-0.05, 0) is 48.4 Å². The SMILES string of the molecule is C#CCOc1ccc(C=Nc2cc(Cl)ccc2C)cc1OC. The lowest BCUT2D eigenvalue weighted by Gasteiger charge is -2.09. The van der Waals surface area contributed by atoms with Gasteiger partial charge in [0.05, 0.1) is 12.8 Å². The number of hydrogen-bond donors (Lipinski definition) is 0. The first-order chi connectivity index (χ1) is 10.6. The molecule has 0 saturated heterocycles. The molecule has 0 aliphatic rings. The Bertz CT molecular complexity index is 732. The second kappa shape index (κ2) is 7.53. The van der Waals surface area contributed by atoms with Crippen molar-refractivity contribution in [3.63, 3.8) is 0 Å². The average molecular weight is 314 g/mol. The van der Waals surface area contributed by atoms with Crippen molar-refractivity contribution < 1.29 is 9.47 Å². The Labute approximate surface area is 135 Å². The summed E-state index contributed by atoms with van der Waals surface area (Å²) < 4.78 is 10.7. The van der Waals surface area contributed by atoms with Crippen LogP contribution in [0, 0.1) is 19.3 Å². The van der Waals surface area contributed by atoms with Gasteiger partial charge in [-0.2, -0.15) is 0 Å². The van der Waals surface area contributed by atoms with E-state index in [1.807, 2.05) is 43.3 Å². The number of methoxy groups -OCH3 is 1. The van der Waals surface area contributed by atoms with Crippen molar-refractivity contribution in [2.45, 2.75) is 6.92 Å². The fourth-order valence-corrected chi connectivity index (χ4v) is 2.04. The molecule has 0 fully saturated rings. The highest BCUT2D eigenvalue weighted by atomic mass is 35.5. The van der Waals surface area contributed by atoms with Crippen LogP contribution in [-0.4, -0.2) is 19.9 Å². The summed E-state index contributed by atoms with van der Waals surface area (Å²) in [7, 11) is 1.58. The van der Waals surface area contributed by atoms with Crippen LogP contribution in [0.5, 0.6) is 11.5 Å². The lowest BCUT2D eigenvalue weighted by Crippen LogP contribution is -1.97. The fraction of sp³-hybridized carbons (Fsp3) is 0.167. The van der Waals surface area contributed by atoms with E-state index in [1.54, 1.807) is 13.3 Å². The summed E-state index contributed by atoms with van der Waals surface area (Å²) in [4.78, 5) is 4.47. The maximum absolute atomic E-state index is 5.99. The maximum atomic E-state index is 5.99. The lowest BCUT2D eigenvalue weighted by molar-refractivity contribution is 0.331. The molecule has 2 aromatic rings. The van der Waals surface area contributed by atoms with E-state index < -0.39 is 0 Å². The highest BCUT2D eigenvalue weighted by molar-refractivity contribution is 6.30. The molecule has 22 heavy (non-hydrogen) atoms. The third kappa shape index (κ3) is 4.03. The molecule has 0 aliphatic heterocycles. The number of nitrogens with zero attached hydrogens (tertiary/aromatic N) is 1. The van der Waals surface area contributed by atoms with Gasteiger partial charge in [0.1, 0.15) is 6.61 Å². The third-order valence-electron chi connectivity index (χ3n) is 3.02. The minimum Gasteiger partial charge on any atom is -0.493 e. The fourth-order valence-electron chi connectivity index (χ4n) is 1.87. The molecule has 0 saturated carbocycles. The summed E-state index contributed by atoms with van der Waals surface area (Å²) in [6.07, 6.45) is 6.94. The van der Waals surface area contributed by atoms with Crippen LogP contribution >= 0.6 is 11.6 Å². The second-order valence-electron chi connectivity index (χ2n) is 4.59. The zero-order chi connectivity index (χ0) is 15.9. The zero-order valence-corrected chi connectivity index (χ0v) is 13.2. The van der Waals surface area contributed by atoms with E-state index in [-0.39, 0.29) is 6.61 Å². The molecule has 2 rings (SSSR count). The normalized spacial score (nSPS) is 10.5. The quantitative estimate of drug-likeness (QED) is 0.604. The first kappa shape index (κ1) is 15.9. The van der Waals surface area contributed by atoms with Gasteiger partial charge in [0.25, 0.3) is 0 Å². The molecule has 2 aromatic carbocycles. The molecule has 0 unspecified atom stereocenters. The Morgan fingerprint density at radius 2 is 2.05 bits per heavy atom. The molecule has 0 amide bonds. The number of benzene rings is 2. The summed E-state index contributed by atoms with van der Waals surface area (Å²) >= 11 is 5.99. The minimum absolute atomic E-state index is 0.200. The monoisotopic (exact) mass is 313 g/mol. The molecule has 112 valence electrons. The molecule has 0 aromatic heterocycles. The van der Waals surface area contributed by atoms with Crippen molar-refractivity contribution in [3.8, 4) is 23.8 Å². The average Bonchev–Trinajstić information content (AvgIpc) is 2.54. The zero-order valence-electron chi connectivity index (χ0n) is 12.5. The van der Waals surface area contributed by atoms with Gasteiger partial charge >= 0.3 is 0 Å². The van der Waals surface area contributed by atoms with Crippen molar-refractivity contribution in [2.24, 2.45) is 4.99 Å². The van der Waals surface area contributed by atoms with Gasteiger partial charge in [-0.3, -0.25) is 4.99 Å². The first-order valence-corrected chi connectivity index (χ1v) is 7.06. The topological polar surface area (TPSA) is 30.8 Å². The van der Waals surface area contributed by atoms with Crippen molar-refractivity contribution in [3.05, 3.63) is 52.5 Å². The van der Waals surface area contributed by atoms with Gasteiger partial charge in [0, 0.05) is 11.2 Å². The Morgan fingerprint density at radius 1 is 1.23 bits per heavy atom. The highest BCUT2D eigenvalue weighted by Gasteiger charge is 2.04. The molecule has 0 bridgehead atoms. The summed E-state index contributed by atoms with van der Waals surface area (Å²) in [6.45, 7) is 2.19. The van der Waals surface area contributed by atoms with Gasteiger partial charge in [-0.1, -0.05) is 23.6 Å². The molecule has 3 nitrogen and oxygen atoms in total. The molecule has 4 heteroatoms. The maximum Gasteiger partial charge on any atom is 0.162 e. The standard InChI is InChI=1S/C18H16ClNO2/c1-4-9-22-17-8-6-14(10-18(17)21-3)12-20-16-11-15(19)7-5-13(16)2/h1,5-8,10-12H,9H2,2-3H3. The minimum atomic E-state index is 0.200. The van der Waals surface area contributed by atoms with E-state index in [1.165, 1.54) is 0 Å². The number of terminal acetylenes is 1. The smallest absolute Gasteiger partial charge is 0.162 e. The Kier molecular flexibility index (Phi) is 5.46. The number of rotatable bonds is 5. The molecule has 0 radical (unpaired) electrons. The van der Waals surface area contributed by atoms with Crippen molar-refractivity contribution in [1.82, 2.24) is 0 Å². The van der Waals surface area contributed by atoms with E-state index in [4.69, 9.17) is 27.5 Å². The molecule has 0 heterocycles. The van der Waals surface area contributed by atoms with Crippen LogP contribution in [0.15, 0.2) is 41.4 Å². The molecular weight excluding hydrogens is 298 g/mol. The van der Waals surface area contributed by atoms with Crippen LogP contribution in [0.4, 0.5) is 5.69 Å². The van der Waals surface area contributed by atoms with Gasteiger partial charge in [0.2, 0.25) is 0 Å². The van der Waals surface area contributed by atoms with Gasteiger partial charge in [0.15, 0.2) is 11.5 Å². The first-order valence-electron chi connectivity index (χ1n) is 6.68. The molecule has 0 spiro atoms. The van der Waals surface area contributed by atoms with Gasteiger partial charge < -0.3 is 9.47 Å². The van der Waals surface area contributed by atoms with Crippen LogP contribution < -0.4 is 9.47 Å². The summed E-state index contributed by atoms with van der Waals surface area (Å²) in [6, 6.07) is 11.1. The van der Waals surface area contributed by atoms with E-state index in [0.29, 0.717) is 16.5 Å². The largest absolute Gasteiger partial charge is 0.493 e. The van der Waals surface area contributed by atoms with E-state index in [0.717, 1.165) is 16.8 Å². The molecular formula is C18H16ClNO2. The van der Waals surface area contributed by atoms with Crippen LogP contribution in [0.1, 0.15) is 11.1 Å².